The minimum absolute atomic E-state index is 0.261. The number of nitriles is 1. The number of benzene rings is 1. The minimum atomic E-state index is -0.401. The fourth-order valence-electron chi connectivity index (χ4n) is 4.14. The Morgan fingerprint density at radius 3 is 2.78 bits per heavy atom. The molecule has 3 heterocycles. The maximum Gasteiger partial charge on any atom is 0.347 e. The molecule has 0 spiro atoms. The lowest BCUT2D eigenvalue weighted by Crippen LogP contribution is -2.47. The summed E-state index contributed by atoms with van der Waals surface area (Å²) < 4.78 is 11.1. The number of pyridine rings is 1. The molecule has 1 aliphatic heterocycles. The Balaban J connectivity index is 1.66. The van der Waals surface area contributed by atoms with E-state index in [2.05, 4.69) is 25.8 Å². The van der Waals surface area contributed by atoms with E-state index < -0.39 is 5.63 Å². The average molecular weight is 434 g/mol. The number of nitrogens with zero attached hydrogens (tertiary/aromatic N) is 5. The molecule has 2 aromatic heterocycles. The zero-order chi connectivity index (χ0) is 22.5. The van der Waals surface area contributed by atoms with Gasteiger partial charge in [-0.2, -0.15) is 5.26 Å². The fourth-order valence-corrected chi connectivity index (χ4v) is 4.14. The molecule has 0 radical (unpaired) electrons. The number of rotatable bonds is 7. The Morgan fingerprint density at radius 1 is 1.25 bits per heavy atom. The summed E-state index contributed by atoms with van der Waals surface area (Å²) in [6.45, 7) is 6.32. The van der Waals surface area contributed by atoms with Gasteiger partial charge in [0.15, 0.2) is 0 Å². The van der Waals surface area contributed by atoms with Crippen LogP contribution in [0.15, 0.2) is 39.7 Å². The Bertz CT molecular complexity index is 1190. The number of hydrogen-bond acceptors (Lipinski definition) is 8. The number of unbranched alkanes of at least 4 members (excludes halogenated alkanes) is 1. The quantitative estimate of drug-likeness (QED) is 0.524. The number of anilines is 1. The first-order valence-corrected chi connectivity index (χ1v) is 11.0. The van der Waals surface area contributed by atoms with E-state index in [0.717, 1.165) is 50.5 Å². The molecule has 32 heavy (non-hydrogen) atoms. The molecule has 0 amide bonds. The molecule has 1 aliphatic rings. The van der Waals surface area contributed by atoms with Crippen LogP contribution in [0, 0.1) is 11.3 Å². The van der Waals surface area contributed by atoms with Crippen molar-refractivity contribution >= 4 is 16.7 Å². The molecule has 1 saturated heterocycles. The van der Waals surface area contributed by atoms with Gasteiger partial charge in [0.05, 0.1) is 29.6 Å². The van der Waals surface area contributed by atoms with Crippen LogP contribution in [0.25, 0.3) is 22.4 Å². The summed E-state index contributed by atoms with van der Waals surface area (Å²) in [6.07, 6.45) is 3.90. The summed E-state index contributed by atoms with van der Waals surface area (Å²) >= 11 is 0. The molecular formula is C24H27N5O3. The van der Waals surface area contributed by atoms with Gasteiger partial charge in [-0.05, 0) is 43.1 Å². The lowest BCUT2D eigenvalue weighted by molar-refractivity contribution is 0.255. The average Bonchev–Trinajstić information content (AvgIpc) is 2.83. The van der Waals surface area contributed by atoms with E-state index in [0.29, 0.717) is 35.1 Å². The third-order valence-corrected chi connectivity index (χ3v) is 5.86. The SMILES string of the molecule is CCc1cc(OC)cc2nc(-c3cccnc3N3CCN(CCCC#N)CC3)oc(=O)c12. The molecule has 0 unspecified atom stereocenters. The molecule has 0 N–H and O–H groups in total. The van der Waals surface area contributed by atoms with Gasteiger partial charge in [-0.15, -0.1) is 0 Å². The third kappa shape index (κ3) is 4.43. The van der Waals surface area contributed by atoms with Gasteiger partial charge in [-0.3, -0.25) is 4.90 Å². The highest BCUT2D eigenvalue weighted by Gasteiger charge is 2.23. The molecule has 4 rings (SSSR count). The van der Waals surface area contributed by atoms with E-state index >= 15 is 0 Å². The molecule has 166 valence electrons. The van der Waals surface area contributed by atoms with E-state index in [-0.39, 0.29) is 5.89 Å². The molecule has 0 bridgehead atoms. The maximum absolute atomic E-state index is 12.9. The minimum Gasteiger partial charge on any atom is -0.497 e. The first kappa shape index (κ1) is 21.8. The van der Waals surface area contributed by atoms with Crippen molar-refractivity contribution in [3.05, 3.63) is 46.4 Å². The summed E-state index contributed by atoms with van der Waals surface area (Å²) in [5.41, 5.74) is 1.71. The maximum atomic E-state index is 12.9. The Kier molecular flexibility index (Phi) is 6.66. The van der Waals surface area contributed by atoms with Gasteiger partial charge in [0.1, 0.15) is 11.6 Å². The Morgan fingerprint density at radius 2 is 2.06 bits per heavy atom. The first-order valence-electron chi connectivity index (χ1n) is 11.0. The van der Waals surface area contributed by atoms with Gasteiger partial charge in [-0.25, -0.2) is 14.8 Å². The van der Waals surface area contributed by atoms with Crippen LogP contribution in [0.3, 0.4) is 0 Å². The van der Waals surface area contributed by atoms with Crippen LogP contribution in [0.5, 0.6) is 5.75 Å². The van der Waals surface area contributed by atoms with Gasteiger partial charge in [0, 0.05) is 44.9 Å². The number of methoxy groups -OCH3 is 1. The molecule has 0 atom stereocenters. The molecule has 8 nitrogen and oxygen atoms in total. The van der Waals surface area contributed by atoms with Gasteiger partial charge < -0.3 is 14.1 Å². The van der Waals surface area contributed by atoms with Crippen molar-refractivity contribution < 1.29 is 9.15 Å². The van der Waals surface area contributed by atoms with E-state index in [9.17, 15) is 4.79 Å². The molecule has 3 aromatic rings. The normalized spacial score (nSPS) is 14.5. The highest BCUT2D eigenvalue weighted by atomic mass is 16.5. The Hall–Kier alpha value is -3.44. The number of aryl methyl sites for hydroxylation is 1. The molecule has 0 aliphatic carbocycles. The van der Waals surface area contributed by atoms with Crippen molar-refractivity contribution in [1.82, 2.24) is 14.9 Å². The van der Waals surface area contributed by atoms with E-state index in [1.807, 2.05) is 25.1 Å². The fraction of sp³-hybridized carbons (Fsp3) is 0.417. The summed E-state index contributed by atoms with van der Waals surface area (Å²) in [6, 6.07) is 9.54. The largest absolute Gasteiger partial charge is 0.497 e. The van der Waals surface area contributed by atoms with E-state index in [1.165, 1.54) is 0 Å². The number of aromatic nitrogens is 2. The molecular weight excluding hydrogens is 406 g/mol. The number of piperazine rings is 1. The third-order valence-electron chi connectivity index (χ3n) is 5.86. The predicted octanol–water partition coefficient (Wildman–Crippen LogP) is 3.25. The van der Waals surface area contributed by atoms with Crippen LogP contribution < -0.4 is 15.3 Å². The van der Waals surface area contributed by atoms with Crippen LogP contribution in [0.4, 0.5) is 5.82 Å². The molecule has 1 aromatic carbocycles. The van der Waals surface area contributed by atoms with Crippen molar-refractivity contribution in [3.63, 3.8) is 0 Å². The van der Waals surface area contributed by atoms with Crippen LogP contribution in [-0.2, 0) is 6.42 Å². The first-order chi connectivity index (χ1) is 15.6. The summed E-state index contributed by atoms with van der Waals surface area (Å²) in [7, 11) is 1.60. The number of ether oxygens (including phenoxy) is 1. The van der Waals surface area contributed by atoms with Crippen LogP contribution >= 0.6 is 0 Å². The van der Waals surface area contributed by atoms with Crippen LogP contribution in [0.2, 0.25) is 0 Å². The van der Waals surface area contributed by atoms with Gasteiger partial charge in [-0.1, -0.05) is 6.92 Å². The van der Waals surface area contributed by atoms with Crippen molar-refractivity contribution in [2.75, 3.05) is 44.7 Å². The second-order valence-corrected chi connectivity index (χ2v) is 7.81. The number of fused-ring (bicyclic) bond motifs is 1. The van der Waals surface area contributed by atoms with E-state index in [1.54, 1.807) is 19.4 Å². The summed E-state index contributed by atoms with van der Waals surface area (Å²) in [4.78, 5) is 26.7. The lowest BCUT2D eigenvalue weighted by Gasteiger charge is -2.35. The van der Waals surface area contributed by atoms with Gasteiger partial charge in [0.2, 0.25) is 5.89 Å². The van der Waals surface area contributed by atoms with Crippen molar-refractivity contribution in [2.24, 2.45) is 0 Å². The highest BCUT2D eigenvalue weighted by molar-refractivity contribution is 5.84. The highest BCUT2D eigenvalue weighted by Crippen LogP contribution is 2.30. The number of hydrogen-bond donors (Lipinski definition) is 0. The van der Waals surface area contributed by atoms with Crippen LogP contribution in [0.1, 0.15) is 25.3 Å². The molecule has 0 saturated carbocycles. The van der Waals surface area contributed by atoms with Gasteiger partial charge in [0.25, 0.3) is 0 Å². The molecule has 8 heteroatoms. The zero-order valence-electron chi connectivity index (χ0n) is 18.5. The monoisotopic (exact) mass is 433 g/mol. The molecule has 1 fully saturated rings. The second-order valence-electron chi connectivity index (χ2n) is 7.81. The van der Waals surface area contributed by atoms with Crippen molar-refractivity contribution in [1.29, 1.82) is 5.26 Å². The topological polar surface area (TPSA) is 95.5 Å². The van der Waals surface area contributed by atoms with Crippen LogP contribution in [-0.4, -0.2) is 54.7 Å². The smallest absolute Gasteiger partial charge is 0.347 e. The van der Waals surface area contributed by atoms with E-state index in [4.69, 9.17) is 14.4 Å². The predicted molar refractivity (Wildman–Crippen MR) is 123 cm³/mol. The van der Waals surface area contributed by atoms with Crippen molar-refractivity contribution in [2.45, 2.75) is 26.2 Å². The Labute approximate surface area is 187 Å². The second kappa shape index (κ2) is 9.79. The standard InChI is InChI=1S/C24H27N5O3/c1-3-17-15-18(31-2)16-20-21(17)24(30)32-23(27-20)19-7-6-9-26-22(19)29-13-11-28(12-14-29)10-5-4-8-25/h6-7,9,15-16H,3-5,10-14H2,1-2H3. The van der Waals surface area contributed by atoms with Gasteiger partial charge >= 0.3 is 5.63 Å². The lowest BCUT2D eigenvalue weighted by atomic mass is 10.1. The summed E-state index contributed by atoms with van der Waals surface area (Å²) in [5.74, 6) is 1.69. The zero-order valence-corrected chi connectivity index (χ0v) is 18.5. The summed E-state index contributed by atoms with van der Waals surface area (Å²) in [5, 5.41) is 9.23. The van der Waals surface area contributed by atoms with Crippen molar-refractivity contribution in [3.8, 4) is 23.3 Å².